The maximum atomic E-state index is 10.6. The Morgan fingerprint density at radius 3 is 2.22 bits per heavy atom. The van der Waals surface area contributed by atoms with Crippen LogP contribution in [0.25, 0.3) is 0 Å². The van der Waals surface area contributed by atoms with Crippen LogP contribution in [-0.2, 0) is 23.8 Å². The van der Waals surface area contributed by atoms with Gasteiger partial charge in [0.15, 0.2) is 0 Å². The molecular formula is C12H20O6. The fraction of sp³-hybridized carbons (Fsp3) is 0.500. The molecule has 0 fully saturated rings. The number of carboxylic acids is 1. The molecular weight excluding hydrogens is 240 g/mol. The SMILES string of the molecule is C=C(C)C(=O)O.C=CC(=O)OC(C)OCCOC. The van der Waals surface area contributed by atoms with Crippen LogP contribution in [-0.4, -0.2) is 43.7 Å². The summed E-state index contributed by atoms with van der Waals surface area (Å²) >= 11 is 0. The summed E-state index contributed by atoms with van der Waals surface area (Å²) in [6.07, 6.45) is 0.543. The summed E-state index contributed by atoms with van der Waals surface area (Å²) < 4.78 is 14.5. The topological polar surface area (TPSA) is 82.1 Å². The summed E-state index contributed by atoms with van der Waals surface area (Å²) in [6.45, 7) is 10.4. The highest BCUT2D eigenvalue weighted by Gasteiger charge is 2.04. The van der Waals surface area contributed by atoms with Crippen molar-refractivity contribution in [3.05, 3.63) is 24.8 Å². The molecule has 0 bridgehead atoms. The minimum atomic E-state index is -0.935. The quantitative estimate of drug-likeness (QED) is 0.322. The zero-order valence-corrected chi connectivity index (χ0v) is 11.0. The van der Waals surface area contributed by atoms with Crippen molar-refractivity contribution in [3.8, 4) is 0 Å². The van der Waals surface area contributed by atoms with Crippen LogP contribution < -0.4 is 0 Å². The van der Waals surface area contributed by atoms with Crippen molar-refractivity contribution >= 4 is 11.9 Å². The van der Waals surface area contributed by atoms with Crippen LogP contribution in [0.4, 0.5) is 0 Å². The fourth-order valence-corrected chi connectivity index (χ4v) is 0.543. The monoisotopic (exact) mass is 260 g/mol. The molecule has 0 aliphatic carbocycles. The lowest BCUT2D eigenvalue weighted by molar-refractivity contribution is -0.170. The molecule has 0 aliphatic heterocycles. The van der Waals surface area contributed by atoms with Gasteiger partial charge in [-0.3, -0.25) is 0 Å². The van der Waals surface area contributed by atoms with Crippen LogP contribution in [0.1, 0.15) is 13.8 Å². The van der Waals surface area contributed by atoms with Crippen LogP contribution in [0.2, 0.25) is 0 Å². The number of carboxylic acid groups (broad SMARTS) is 1. The molecule has 0 aromatic heterocycles. The first-order valence-electron chi connectivity index (χ1n) is 5.17. The van der Waals surface area contributed by atoms with Gasteiger partial charge in [-0.2, -0.15) is 0 Å². The second-order valence-electron chi connectivity index (χ2n) is 3.16. The molecule has 0 saturated carbocycles. The number of hydrogen-bond donors (Lipinski definition) is 1. The Hall–Kier alpha value is -1.66. The van der Waals surface area contributed by atoms with Crippen LogP contribution in [0.3, 0.4) is 0 Å². The number of methoxy groups -OCH3 is 1. The molecule has 0 rings (SSSR count). The van der Waals surface area contributed by atoms with Crippen LogP contribution in [0.15, 0.2) is 24.8 Å². The van der Waals surface area contributed by atoms with Crippen molar-refractivity contribution in [2.75, 3.05) is 20.3 Å². The van der Waals surface area contributed by atoms with Gasteiger partial charge in [-0.15, -0.1) is 0 Å². The third kappa shape index (κ3) is 14.3. The number of esters is 1. The molecule has 0 saturated heterocycles. The Morgan fingerprint density at radius 2 is 1.89 bits per heavy atom. The van der Waals surface area contributed by atoms with E-state index in [-0.39, 0.29) is 5.57 Å². The van der Waals surface area contributed by atoms with Gasteiger partial charge in [-0.1, -0.05) is 13.2 Å². The maximum absolute atomic E-state index is 10.6. The molecule has 1 N–H and O–H groups in total. The lowest BCUT2D eigenvalue weighted by Crippen LogP contribution is -2.18. The maximum Gasteiger partial charge on any atom is 0.332 e. The van der Waals surface area contributed by atoms with Gasteiger partial charge in [0.05, 0.1) is 13.2 Å². The predicted octanol–water partition coefficient (Wildman–Crippen LogP) is 1.37. The van der Waals surface area contributed by atoms with Crippen molar-refractivity contribution < 1.29 is 28.9 Å². The minimum Gasteiger partial charge on any atom is -0.478 e. The summed E-state index contributed by atoms with van der Waals surface area (Å²) in [5.41, 5.74) is 0.176. The van der Waals surface area contributed by atoms with E-state index in [4.69, 9.17) is 19.3 Å². The van der Waals surface area contributed by atoms with E-state index < -0.39 is 18.2 Å². The summed E-state index contributed by atoms with van der Waals surface area (Å²) in [4.78, 5) is 20.2. The Balaban J connectivity index is 0. The molecule has 1 unspecified atom stereocenters. The molecule has 18 heavy (non-hydrogen) atoms. The molecule has 6 nitrogen and oxygen atoms in total. The first kappa shape index (κ1) is 18.7. The molecule has 0 aromatic rings. The zero-order valence-electron chi connectivity index (χ0n) is 11.0. The Labute approximate surface area is 107 Å². The average molecular weight is 260 g/mol. The normalized spacial score (nSPS) is 10.6. The van der Waals surface area contributed by atoms with Gasteiger partial charge in [-0.25, -0.2) is 9.59 Å². The third-order valence-electron chi connectivity index (χ3n) is 1.45. The Morgan fingerprint density at radius 1 is 1.39 bits per heavy atom. The molecule has 1 atom stereocenters. The van der Waals surface area contributed by atoms with Gasteiger partial charge < -0.3 is 19.3 Å². The summed E-state index contributed by atoms with van der Waals surface area (Å²) in [7, 11) is 1.57. The first-order valence-corrected chi connectivity index (χ1v) is 5.17. The van der Waals surface area contributed by atoms with E-state index in [2.05, 4.69) is 13.2 Å². The minimum absolute atomic E-state index is 0.176. The highest BCUT2D eigenvalue weighted by Crippen LogP contribution is 1.94. The van der Waals surface area contributed by atoms with Gasteiger partial charge in [0, 0.05) is 18.8 Å². The van der Waals surface area contributed by atoms with E-state index in [1.807, 2.05) is 0 Å². The lowest BCUT2D eigenvalue weighted by atomic mass is 10.4. The van der Waals surface area contributed by atoms with Crippen molar-refractivity contribution in [2.45, 2.75) is 20.1 Å². The molecule has 0 spiro atoms. The van der Waals surface area contributed by atoms with Crippen molar-refractivity contribution in [1.82, 2.24) is 0 Å². The molecule has 0 aliphatic rings. The van der Waals surface area contributed by atoms with Gasteiger partial charge in [0.25, 0.3) is 0 Å². The number of carbonyl (C=O) groups excluding carboxylic acids is 1. The lowest BCUT2D eigenvalue weighted by Gasteiger charge is -2.11. The molecule has 0 aromatic carbocycles. The predicted molar refractivity (Wildman–Crippen MR) is 66.0 cm³/mol. The number of hydrogen-bond acceptors (Lipinski definition) is 5. The standard InChI is InChI=1S/C8H14O4.C4H6O2/c1-4-8(9)12-7(2)11-6-5-10-3;1-3(2)4(5)6/h4,7H,1,5-6H2,2-3H3;1H2,2H3,(H,5,6). The van der Waals surface area contributed by atoms with E-state index in [0.717, 1.165) is 6.08 Å². The molecule has 6 heteroatoms. The highest BCUT2D eigenvalue weighted by molar-refractivity contribution is 5.84. The van der Waals surface area contributed by atoms with Crippen LogP contribution in [0.5, 0.6) is 0 Å². The average Bonchev–Trinajstić information content (AvgIpc) is 2.29. The number of ether oxygens (including phenoxy) is 3. The van der Waals surface area contributed by atoms with Crippen LogP contribution >= 0.6 is 0 Å². The summed E-state index contributed by atoms with van der Waals surface area (Å²) in [6, 6.07) is 0. The van der Waals surface area contributed by atoms with Crippen molar-refractivity contribution in [3.63, 3.8) is 0 Å². The van der Waals surface area contributed by atoms with Crippen LogP contribution in [0, 0.1) is 0 Å². The summed E-state index contributed by atoms with van der Waals surface area (Å²) in [5.74, 6) is -1.42. The number of rotatable bonds is 7. The number of aliphatic carboxylic acids is 1. The Bertz CT molecular complexity index is 272. The van der Waals surface area contributed by atoms with Crippen molar-refractivity contribution in [1.29, 1.82) is 0 Å². The molecule has 0 radical (unpaired) electrons. The summed E-state index contributed by atoms with van der Waals surface area (Å²) in [5, 5.41) is 7.89. The molecule has 0 amide bonds. The van der Waals surface area contributed by atoms with E-state index in [1.54, 1.807) is 14.0 Å². The highest BCUT2D eigenvalue weighted by atomic mass is 16.7. The largest absolute Gasteiger partial charge is 0.478 e. The Kier molecular flexibility index (Phi) is 12.3. The number of carbonyl (C=O) groups is 2. The van der Waals surface area contributed by atoms with Crippen molar-refractivity contribution in [2.24, 2.45) is 0 Å². The fourth-order valence-electron chi connectivity index (χ4n) is 0.543. The van der Waals surface area contributed by atoms with Gasteiger partial charge in [0.1, 0.15) is 0 Å². The second-order valence-corrected chi connectivity index (χ2v) is 3.16. The van der Waals surface area contributed by atoms with Gasteiger partial charge in [-0.05, 0) is 13.8 Å². The van der Waals surface area contributed by atoms with Gasteiger partial charge in [0.2, 0.25) is 6.29 Å². The van der Waals surface area contributed by atoms with E-state index in [9.17, 15) is 9.59 Å². The van der Waals surface area contributed by atoms with E-state index >= 15 is 0 Å². The van der Waals surface area contributed by atoms with E-state index in [1.165, 1.54) is 6.92 Å². The third-order valence-corrected chi connectivity index (χ3v) is 1.45. The van der Waals surface area contributed by atoms with Gasteiger partial charge >= 0.3 is 11.9 Å². The zero-order chi connectivity index (χ0) is 14.6. The van der Waals surface area contributed by atoms with E-state index in [0.29, 0.717) is 13.2 Å². The first-order chi connectivity index (χ1) is 8.34. The molecule has 104 valence electrons. The molecule has 0 heterocycles. The second kappa shape index (κ2) is 11.8. The smallest absolute Gasteiger partial charge is 0.332 e.